The van der Waals surface area contributed by atoms with E-state index in [0.29, 0.717) is 0 Å². The first-order chi connectivity index (χ1) is 6.07. The van der Waals surface area contributed by atoms with Gasteiger partial charge < -0.3 is 9.64 Å². The number of hydrogen-bond donors (Lipinski definition) is 0. The number of ether oxygens (including phenoxy) is 1. The zero-order chi connectivity index (χ0) is 10.0. The SMILES string of the molecule is COc1ccc(C)c(N(C)C)c1C.Cl. The summed E-state index contributed by atoms with van der Waals surface area (Å²) in [6.07, 6.45) is 0. The Morgan fingerprint density at radius 1 is 1.14 bits per heavy atom. The van der Waals surface area contributed by atoms with Crippen LogP contribution < -0.4 is 9.64 Å². The number of nitrogens with zero attached hydrogens (tertiary/aromatic N) is 1. The average Bonchev–Trinajstić information content (AvgIpc) is 2.04. The van der Waals surface area contributed by atoms with Gasteiger partial charge in [0, 0.05) is 25.3 Å². The molecule has 0 saturated carbocycles. The van der Waals surface area contributed by atoms with Crippen molar-refractivity contribution in [2.45, 2.75) is 13.8 Å². The molecular weight excluding hydrogens is 198 g/mol. The van der Waals surface area contributed by atoms with Gasteiger partial charge in [0.2, 0.25) is 0 Å². The van der Waals surface area contributed by atoms with Crippen LogP contribution in [0.3, 0.4) is 0 Å². The highest BCUT2D eigenvalue weighted by Crippen LogP contribution is 2.30. The minimum atomic E-state index is 0. The van der Waals surface area contributed by atoms with Crippen molar-refractivity contribution in [2.75, 3.05) is 26.1 Å². The highest BCUT2D eigenvalue weighted by molar-refractivity contribution is 5.85. The van der Waals surface area contributed by atoms with E-state index in [1.54, 1.807) is 7.11 Å². The molecule has 0 aliphatic heterocycles. The predicted molar refractivity (Wildman–Crippen MR) is 64.0 cm³/mol. The first kappa shape index (κ1) is 13.1. The number of aryl methyl sites for hydroxylation is 1. The number of anilines is 1. The highest BCUT2D eigenvalue weighted by Gasteiger charge is 2.08. The molecule has 0 spiro atoms. The zero-order valence-corrected chi connectivity index (χ0v) is 10.2. The second-order valence-electron chi connectivity index (χ2n) is 3.45. The van der Waals surface area contributed by atoms with Crippen molar-refractivity contribution in [3.8, 4) is 5.75 Å². The van der Waals surface area contributed by atoms with Crippen LogP contribution in [0.25, 0.3) is 0 Å². The summed E-state index contributed by atoms with van der Waals surface area (Å²) in [5.74, 6) is 0.953. The largest absolute Gasteiger partial charge is 0.496 e. The lowest BCUT2D eigenvalue weighted by molar-refractivity contribution is 0.411. The van der Waals surface area contributed by atoms with Gasteiger partial charge in [-0.15, -0.1) is 12.4 Å². The lowest BCUT2D eigenvalue weighted by Crippen LogP contribution is -2.12. The molecule has 0 heterocycles. The van der Waals surface area contributed by atoms with Gasteiger partial charge in [-0.3, -0.25) is 0 Å². The van der Waals surface area contributed by atoms with E-state index < -0.39 is 0 Å². The zero-order valence-electron chi connectivity index (χ0n) is 9.42. The molecule has 0 fully saturated rings. The standard InChI is InChI=1S/C11H17NO.ClH/c1-8-6-7-10(13-5)9(2)11(8)12(3)4;/h6-7H,1-5H3;1H. The molecule has 0 atom stereocenters. The van der Waals surface area contributed by atoms with Crippen molar-refractivity contribution in [2.24, 2.45) is 0 Å². The molecule has 1 aromatic carbocycles. The van der Waals surface area contributed by atoms with Crippen LogP contribution in [0, 0.1) is 13.8 Å². The second-order valence-corrected chi connectivity index (χ2v) is 3.45. The van der Waals surface area contributed by atoms with Crippen molar-refractivity contribution in [3.05, 3.63) is 23.3 Å². The maximum Gasteiger partial charge on any atom is 0.123 e. The molecule has 0 bridgehead atoms. The number of rotatable bonds is 2. The van der Waals surface area contributed by atoms with E-state index in [0.717, 1.165) is 5.75 Å². The Kier molecular flexibility index (Phi) is 4.78. The lowest BCUT2D eigenvalue weighted by Gasteiger charge is -2.20. The Labute approximate surface area is 92.3 Å². The third-order valence-corrected chi connectivity index (χ3v) is 2.25. The number of methoxy groups -OCH3 is 1. The monoisotopic (exact) mass is 215 g/mol. The van der Waals surface area contributed by atoms with E-state index in [1.165, 1.54) is 16.8 Å². The maximum absolute atomic E-state index is 5.26. The van der Waals surface area contributed by atoms with Gasteiger partial charge in [-0.25, -0.2) is 0 Å². The molecule has 0 aliphatic carbocycles. The fraction of sp³-hybridized carbons (Fsp3) is 0.455. The van der Waals surface area contributed by atoms with Gasteiger partial charge in [0.1, 0.15) is 5.75 Å². The molecule has 0 unspecified atom stereocenters. The van der Waals surface area contributed by atoms with Gasteiger partial charge in [0.15, 0.2) is 0 Å². The molecule has 0 aliphatic rings. The Morgan fingerprint density at radius 2 is 1.71 bits per heavy atom. The Hall–Kier alpha value is -0.890. The van der Waals surface area contributed by atoms with Crippen molar-refractivity contribution in [1.82, 2.24) is 0 Å². The molecule has 1 rings (SSSR count). The summed E-state index contributed by atoms with van der Waals surface area (Å²) in [7, 11) is 5.81. The topological polar surface area (TPSA) is 12.5 Å². The summed E-state index contributed by atoms with van der Waals surface area (Å²) in [4.78, 5) is 2.12. The molecular formula is C11H18ClNO. The summed E-state index contributed by atoms with van der Waals surface area (Å²) in [5, 5.41) is 0. The Bertz CT molecular complexity index is 310. The van der Waals surface area contributed by atoms with Gasteiger partial charge in [0.05, 0.1) is 7.11 Å². The van der Waals surface area contributed by atoms with E-state index in [2.05, 4.69) is 38.9 Å². The summed E-state index contributed by atoms with van der Waals surface area (Å²) >= 11 is 0. The molecule has 1 aromatic rings. The van der Waals surface area contributed by atoms with E-state index in [9.17, 15) is 0 Å². The summed E-state index contributed by atoms with van der Waals surface area (Å²) < 4.78 is 5.26. The second kappa shape index (κ2) is 5.11. The molecule has 0 aromatic heterocycles. The summed E-state index contributed by atoms with van der Waals surface area (Å²) in [5.41, 5.74) is 3.73. The van der Waals surface area contributed by atoms with E-state index in [-0.39, 0.29) is 12.4 Å². The van der Waals surface area contributed by atoms with Crippen molar-refractivity contribution < 1.29 is 4.74 Å². The summed E-state index contributed by atoms with van der Waals surface area (Å²) in [6.45, 7) is 4.20. The van der Waals surface area contributed by atoms with E-state index in [1.807, 2.05) is 6.07 Å². The Balaban J connectivity index is 0.00000169. The van der Waals surface area contributed by atoms with Crippen LogP contribution in [0.15, 0.2) is 12.1 Å². The van der Waals surface area contributed by atoms with Gasteiger partial charge in [-0.2, -0.15) is 0 Å². The normalized spacial score (nSPS) is 9.21. The number of benzene rings is 1. The highest BCUT2D eigenvalue weighted by atomic mass is 35.5. The summed E-state index contributed by atoms with van der Waals surface area (Å²) in [6, 6.07) is 4.10. The fourth-order valence-corrected chi connectivity index (χ4v) is 1.73. The van der Waals surface area contributed by atoms with Crippen LogP contribution >= 0.6 is 12.4 Å². The molecule has 0 saturated heterocycles. The Morgan fingerprint density at radius 3 is 2.14 bits per heavy atom. The van der Waals surface area contributed by atoms with Gasteiger partial charge >= 0.3 is 0 Å². The van der Waals surface area contributed by atoms with Crippen LogP contribution in [0.5, 0.6) is 5.75 Å². The molecule has 0 amide bonds. The molecule has 2 nitrogen and oxygen atoms in total. The van der Waals surface area contributed by atoms with Gasteiger partial charge in [-0.05, 0) is 25.5 Å². The van der Waals surface area contributed by atoms with Crippen LogP contribution in [0.2, 0.25) is 0 Å². The van der Waals surface area contributed by atoms with E-state index >= 15 is 0 Å². The first-order valence-electron chi connectivity index (χ1n) is 4.39. The van der Waals surface area contributed by atoms with Crippen molar-refractivity contribution >= 4 is 18.1 Å². The predicted octanol–water partition coefficient (Wildman–Crippen LogP) is 2.80. The quantitative estimate of drug-likeness (QED) is 0.753. The minimum absolute atomic E-state index is 0. The third kappa shape index (κ3) is 2.32. The van der Waals surface area contributed by atoms with Gasteiger partial charge in [0.25, 0.3) is 0 Å². The van der Waals surface area contributed by atoms with Crippen LogP contribution in [0.1, 0.15) is 11.1 Å². The van der Waals surface area contributed by atoms with Crippen molar-refractivity contribution in [1.29, 1.82) is 0 Å². The van der Waals surface area contributed by atoms with Gasteiger partial charge in [-0.1, -0.05) is 6.07 Å². The van der Waals surface area contributed by atoms with Crippen LogP contribution in [0.4, 0.5) is 5.69 Å². The molecule has 14 heavy (non-hydrogen) atoms. The number of halogens is 1. The lowest BCUT2D eigenvalue weighted by atomic mass is 10.1. The smallest absolute Gasteiger partial charge is 0.123 e. The minimum Gasteiger partial charge on any atom is -0.496 e. The molecule has 80 valence electrons. The molecule has 3 heteroatoms. The fourth-order valence-electron chi connectivity index (χ4n) is 1.73. The van der Waals surface area contributed by atoms with Crippen LogP contribution in [-0.4, -0.2) is 21.2 Å². The van der Waals surface area contributed by atoms with Crippen LogP contribution in [-0.2, 0) is 0 Å². The van der Waals surface area contributed by atoms with Crippen molar-refractivity contribution in [3.63, 3.8) is 0 Å². The maximum atomic E-state index is 5.26. The molecule has 0 N–H and O–H groups in total. The third-order valence-electron chi connectivity index (χ3n) is 2.25. The first-order valence-corrected chi connectivity index (χ1v) is 4.39. The van der Waals surface area contributed by atoms with E-state index in [4.69, 9.17) is 4.74 Å². The average molecular weight is 216 g/mol. The molecule has 0 radical (unpaired) electrons. The number of hydrogen-bond acceptors (Lipinski definition) is 2.